The average Bonchev–Trinajstić information content (AvgIpc) is 1.98. The summed E-state index contributed by atoms with van der Waals surface area (Å²) in [4.78, 5) is 24.9. The van der Waals surface area contributed by atoms with Crippen molar-refractivity contribution in [3.05, 3.63) is 0 Å². The van der Waals surface area contributed by atoms with Crippen molar-refractivity contribution >= 4 is 18.2 Å². The van der Waals surface area contributed by atoms with Crippen LogP contribution in [-0.4, -0.2) is 30.1 Å². The van der Waals surface area contributed by atoms with Gasteiger partial charge in [-0.05, 0) is 0 Å². The van der Waals surface area contributed by atoms with Crippen LogP contribution in [0.2, 0.25) is 0 Å². The van der Waals surface area contributed by atoms with Gasteiger partial charge >= 0.3 is 11.8 Å². The Morgan fingerprint density at radius 1 is 1.62 bits per heavy atom. The molecule has 2 amide bonds. The molecule has 1 rings (SSSR count). The topological polar surface area (TPSA) is 49.7 Å². The Bertz CT molecular complexity index is 173. The third-order valence-electron chi connectivity index (χ3n) is 0.851. The quantitative estimate of drug-likeness (QED) is 0.378. The SMILES string of the molecule is CN1C=NC(=O)C1=O. The van der Waals surface area contributed by atoms with Crippen LogP contribution in [-0.2, 0) is 9.59 Å². The maximum atomic E-state index is 10.4. The van der Waals surface area contributed by atoms with Crippen molar-refractivity contribution in [2.24, 2.45) is 4.99 Å². The number of nitrogens with zero attached hydrogens (tertiary/aromatic N) is 2. The first-order valence-electron chi connectivity index (χ1n) is 2.07. The lowest BCUT2D eigenvalue weighted by Crippen LogP contribution is -2.23. The molecule has 42 valence electrons. The van der Waals surface area contributed by atoms with Crippen LogP contribution in [0.4, 0.5) is 0 Å². The number of hydrogen-bond donors (Lipinski definition) is 0. The predicted molar refractivity (Wildman–Crippen MR) is 26.3 cm³/mol. The first-order valence-corrected chi connectivity index (χ1v) is 2.07. The number of likely N-dealkylation sites (N-methyl/N-ethyl adjacent to an activating group) is 1. The van der Waals surface area contributed by atoms with E-state index in [4.69, 9.17) is 0 Å². The van der Waals surface area contributed by atoms with Crippen molar-refractivity contribution in [1.82, 2.24) is 4.90 Å². The Balaban J connectivity index is 2.85. The second-order valence-electron chi connectivity index (χ2n) is 1.47. The molecule has 4 nitrogen and oxygen atoms in total. The van der Waals surface area contributed by atoms with Gasteiger partial charge in [0.1, 0.15) is 6.34 Å². The molecule has 0 unspecified atom stereocenters. The lowest BCUT2D eigenvalue weighted by molar-refractivity contribution is -0.139. The second-order valence-corrected chi connectivity index (χ2v) is 1.47. The molecule has 0 spiro atoms. The van der Waals surface area contributed by atoms with Crippen molar-refractivity contribution in [2.75, 3.05) is 7.05 Å². The molecule has 0 saturated heterocycles. The molecule has 0 aliphatic carbocycles. The minimum atomic E-state index is -0.687. The van der Waals surface area contributed by atoms with Crippen LogP contribution in [0.15, 0.2) is 4.99 Å². The van der Waals surface area contributed by atoms with Gasteiger partial charge in [-0.3, -0.25) is 14.5 Å². The summed E-state index contributed by atoms with van der Waals surface area (Å²) in [6.45, 7) is 0. The summed E-state index contributed by atoms with van der Waals surface area (Å²) >= 11 is 0. The maximum Gasteiger partial charge on any atom is 0.336 e. The van der Waals surface area contributed by atoms with Gasteiger partial charge in [0.15, 0.2) is 0 Å². The van der Waals surface area contributed by atoms with Crippen LogP contribution in [0.5, 0.6) is 0 Å². The smallest absolute Gasteiger partial charge is 0.298 e. The van der Waals surface area contributed by atoms with Gasteiger partial charge in [0, 0.05) is 7.05 Å². The van der Waals surface area contributed by atoms with Gasteiger partial charge in [0.25, 0.3) is 0 Å². The van der Waals surface area contributed by atoms with E-state index in [0.717, 1.165) is 4.90 Å². The highest BCUT2D eigenvalue weighted by molar-refractivity contribution is 6.41. The summed E-state index contributed by atoms with van der Waals surface area (Å²) in [6.07, 6.45) is 1.20. The summed E-state index contributed by atoms with van der Waals surface area (Å²) < 4.78 is 0. The maximum absolute atomic E-state index is 10.4. The molecule has 0 atom stereocenters. The van der Waals surface area contributed by atoms with Crippen LogP contribution in [0.3, 0.4) is 0 Å². The minimum absolute atomic E-state index is 0.565. The van der Waals surface area contributed by atoms with Crippen molar-refractivity contribution in [1.29, 1.82) is 0 Å². The zero-order valence-corrected chi connectivity index (χ0v) is 4.29. The average molecular weight is 112 g/mol. The fraction of sp³-hybridized carbons (Fsp3) is 0.250. The van der Waals surface area contributed by atoms with Crippen LogP contribution < -0.4 is 0 Å². The molecule has 0 N–H and O–H groups in total. The third kappa shape index (κ3) is 0.501. The predicted octanol–water partition coefficient (Wildman–Crippen LogP) is -0.987. The van der Waals surface area contributed by atoms with Gasteiger partial charge in [0.2, 0.25) is 0 Å². The Labute approximate surface area is 45.8 Å². The largest absolute Gasteiger partial charge is 0.336 e. The van der Waals surface area contributed by atoms with E-state index in [1.165, 1.54) is 13.4 Å². The van der Waals surface area contributed by atoms with E-state index in [1.807, 2.05) is 0 Å². The van der Waals surface area contributed by atoms with Gasteiger partial charge < -0.3 is 0 Å². The fourth-order valence-corrected chi connectivity index (χ4v) is 0.398. The Morgan fingerprint density at radius 2 is 2.25 bits per heavy atom. The second kappa shape index (κ2) is 1.40. The molecule has 1 aliphatic heterocycles. The molecule has 0 fully saturated rings. The van der Waals surface area contributed by atoms with Gasteiger partial charge in [-0.25, -0.2) is 0 Å². The first kappa shape index (κ1) is 4.96. The molecule has 0 aromatic rings. The number of hydrogen-bond acceptors (Lipinski definition) is 2. The lowest BCUT2D eigenvalue weighted by atomic mass is 10.6. The van der Waals surface area contributed by atoms with Crippen molar-refractivity contribution in [3.8, 4) is 0 Å². The Kier molecular flexibility index (Phi) is 0.865. The van der Waals surface area contributed by atoms with E-state index < -0.39 is 11.8 Å². The van der Waals surface area contributed by atoms with Crippen LogP contribution in [0, 0.1) is 0 Å². The minimum Gasteiger partial charge on any atom is -0.298 e. The third-order valence-corrected chi connectivity index (χ3v) is 0.851. The number of carbonyl (C=O) groups is 2. The summed E-state index contributed by atoms with van der Waals surface area (Å²) in [5.74, 6) is -1.25. The fourth-order valence-electron chi connectivity index (χ4n) is 0.398. The molecule has 8 heavy (non-hydrogen) atoms. The highest BCUT2D eigenvalue weighted by Crippen LogP contribution is 1.91. The zero-order chi connectivity index (χ0) is 6.15. The normalized spacial score (nSPS) is 18.4. The van der Waals surface area contributed by atoms with Crippen molar-refractivity contribution < 1.29 is 9.59 Å². The monoisotopic (exact) mass is 112 g/mol. The Hall–Kier alpha value is -1.19. The number of amides is 2. The van der Waals surface area contributed by atoms with Crippen LogP contribution in [0.25, 0.3) is 0 Å². The van der Waals surface area contributed by atoms with Crippen LogP contribution in [0.1, 0.15) is 0 Å². The summed E-state index contributed by atoms with van der Waals surface area (Å²) in [7, 11) is 1.48. The molecule has 0 bridgehead atoms. The molecular weight excluding hydrogens is 108 g/mol. The van der Waals surface area contributed by atoms with E-state index in [0.29, 0.717) is 0 Å². The summed E-state index contributed by atoms with van der Waals surface area (Å²) in [5, 5.41) is 0. The molecule has 1 aliphatic rings. The van der Waals surface area contributed by atoms with Gasteiger partial charge in [-0.1, -0.05) is 0 Å². The lowest BCUT2D eigenvalue weighted by Gasteiger charge is -1.96. The molecule has 0 radical (unpaired) electrons. The van der Waals surface area contributed by atoms with Crippen LogP contribution >= 0.6 is 0 Å². The molecule has 0 saturated carbocycles. The highest BCUT2D eigenvalue weighted by atomic mass is 16.2. The van der Waals surface area contributed by atoms with E-state index in [2.05, 4.69) is 4.99 Å². The van der Waals surface area contributed by atoms with Gasteiger partial charge in [0.05, 0.1) is 0 Å². The molecule has 0 aromatic heterocycles. The first-order chi connectivity index (χ1) is 3.72. The van der Waals surface area contributed by atoms with Gasteiger partial charge in [-0.15, -0.1) is 0 Å². The van der Waals surface area contributed by atoms with Gasteiger partial charge in [-0.2, -0.15) is 4.99 Å². The number of aliphatic imine (C=N–C) groups is 1. The van der Waals surface area contributed by atoms with E-state index >= 15 is 0 Å². The zero-order valence-electron chi connectivity index (χ0n) is 4.29. The standard InChI is InChI=1S/C4H4N2O2/c1-6-2-5-3(7)4(6)8/h2H,1H3. The highest BCUT2D eigenvalue weighted by Gasteiger charge is 2.21. The van der Waals surface area contributed by atoms with Crippen molar-refractivity contribution in [3.63, 3.8) is 0 Å². The number of carbonyl (C=O) groups excluding carboxylic acids is 2. The van der Waals surface area contributed by atoms with E-state index in [-0.39, 0.29) is 0 Å². The molecule has 1 heterocycles. The number of rotatable bonds is 0. The van der Waals surface area contributed by atoms with Crippen molar-refractivity contribution in [2.45, 2.75) is 0 Å². The van der Waals surface area contributed by atoms with E-state index in [1.54, 1.807) is 0 Å². The molecule has 0 aromatic carbocycles. The molecular formula is C4H4N2O2. The molecule has 4 heteroatoms. The van der Waals surface area contributed by atoms with E-state index in [9.17, 15) is 9.59 Å². The summed E-state index contributed by atoms with van der Waals surface area (Å²) in [5.41, 5.74) is 0. The Morgan fingerprint density at radius 3 is 2.38 bits per heavy atom. The summed E-state index contributed by atoms with van der Waals surface area (Å²) in [6, 6.07) is 0.